The topological polar surface area (TPSA) is 67.9 Å². The van der Waals surface area contributed by atoms with Crippen LogP contribution in [0.25, 0.3) is 0 Å². The van der Waals surface area contributed by atoms with Crippen molar-refractivity contribution in [3.63, 3.8) is 0 Å². The van der Waals surface area contributed by atoms with Crippen LogP contribution in [0.3, 0.4) is 0 Å². The van der Waals surface area contributed by atoms with Crippen LogP contribution in [-0.4, -0.2) is 43.0 Å². The Labute approximate surface area is 220 Å². The van der Waals surface area contributed by atoms with E-state index < -0.39 is 6.04 Å². The van der Waals surface area contributed by atoms with Gasteiger partial charge in [-0.25, -0.2) is 0 Å². The zero-order valence-electron chi connectivity index (χ0n) is 22.5. The first kappa shape index (κ1) is 27.8. The number of ether oxygens (including phenoxy) is 2. The number of methoxy groups -OCH3 is 1. The second-order valence-corrected chi connectivity index (χ2v) is 10.0. The Balaban J connectivity index is 1.93. The zero-order chi connectivity index (χ0) is 26.8. The van der Waals surface area contributed by atoms with Crippen molar-refractivity contribution in [3.8, 4) is 11.5 Å². The summed E-state index contributed by atoms with van der Waals surface area (Å²) in [6.07, 6.45) is 0.390. The Hall–Kier alpha value is -3.80. The van der Waals surface area contributed by atoms with Crippen molar-refractivity contribution in [2.24, 2.45) is 0 Å². The molecular formula is C31H38N2O4. The molecule has 0 aliphatic heterocycles. The second-order valence-electron chi connectivity index (χ2n) is 10.0. The summed E-state index contributed by atoms with van der Waals surface area (Å²) in [5, 5.41) is 2.91. The average molecular weight is 503 g/mol. The van der Waals surface area contributed by atoms with E-state index in [9.17, 15) is 9.59 Å². The number of carbonyl (C=O) groups excluding carboxylic acids is 2. The van der Waals surface area contributed by atoms with Crippen LogP contribution < -0.4 is 14.8 Å². The van der Waals surface area contributed by atoms with Gasteiger partial charge in [0.1, 0.15) is 17.5 Å². The molecule has 0 aromatic heterocycles. The minimum absolute atomic E-state index is 0.142. The zero-order valence-corrected chi connectivity index (χ0v) is 22.5. The Morgan fingerprint density at radius 2 is 1.59 bits per heavy atom. The number of nitrogens with zero attached hydrogens (tertiary/aromatic N) is 1. The van der Waals surface area contributed by atoms with E-state index in [0.29, 0.717) is 24.5 Å². The highest BCUT2D eigenvalue weighted by Crippen LogP contribution is 2.31. The molecule has 0 spiro atoms. The molecule has 196 valence electrons. The van der Waals surface area contributed by atoms with Crippen molar-refractivity contribution < 1.29 is 19.1 Å². The van der Waals surface area contributed by atoms with Crippen LogP contribution >= 0.6 is 0 Å². The van der Waals surface area contributed by atoms with Gasteiger partial charge in [0.15, 0.2) is 6.61 Å². The van der Waals surface area contributed by atoms with Crippen LogP contribution in [0.15, 0.2) is 78.9 Å². The number of benzene rings is 3. The Morgan fingerprint density at radius 1 is 0.919 bits per heavy atom. The van der Waals surface area contributed by atoms with E-state index in [2.05, 4.69) is 26.1 Å². The minimum Gasteiger partial charge on any atom is -0.497 e. The summed E-state index contributed by atoms with van der Waals surface area (Å²) in [4.78, 5) is 28.7. The molecule has 1 unspecified atom stereocenters. The van der Waals surface area contributed by atoms with Crippen molar-refractivity contribution in [2.45, 2.75) is 52.1 Å². The van der Waals surface area contributed by atoms with Crippen LogP contribution in [0.2, 0.25) is 0 Å². The fourth-order valence-corrected chi connectivity index (χ4v) is 4.25. The van der Waals surface area contributed by atoms with Crippen LogP contribution in [0.5, 0.6) is 11.5 Å². The van der Waals surface area contributed by atoms with Crippen molar-refractivity contribution in [3.05, 3.63) is 95.6 Å². The molecule has 37 heavy (non-hydrogen) atoms. The Morgan fingerprint density at radius 3 is 2.27 bits per heavy atom. The highest BCUT2D eigenvalue weighted by atomic mass is 16.5. The van der Waals surface area contributed by atoms with Gasteiger partial charge >= 0.3 is 0 Å². The van der Waals surface area contributed by atoms with E-state index in [-0.39, 0.29) is 30.4 Å². The molecule has 0 radical (unpaired) electrons. The van der Waals surface area contributed by atoms with E-state index in [1.165, 1.54) is 0 Å². The maximum Gasteiger partial charge on any atom is 0.261 e. The molecule has 0 saturated heterocycles. The van der Waals surface area contributed by atoms with Gasteiger partial charge in [0.25, 0.3) is 5.91 Å². The summed E-state index contributed by atoms with van der Waals surface area (Å²) >= 11 is 0. The Kier molecular flexibility index (Phi) is 9.72. The number of para-hydroxylation sites is 1. The van der Waals surface area contributed by atoms with E-state index in [4.69, 9.17) is 9.47 Å². The number of likely N-dealkylation sites (N-methyl/N-ethyl adjacent to an activating group) is 1. The summed E-state index contributed by atoms with van der Waals surface area (Å²) in [6.45, 7) is 8.74. The third kappa shape index (κ3) is 7.84. The highest BCUT2D eigenvalue weighted by Gasteiger charge is 2.31. The molecule has 0 bridgehead atoms. The van der Waals surface area contributed by atoms with Crippen LogP contribution in [0.1, 0.15) is 44.4 Å². The molecule has 6 nitrogen and oxygen atoms in total. The predicted octanol–water partition coefficient (Wildman–Crippen LogP) is 5.15. The van der Waals surface area contributed by atoms with Gasteiger partial charge in [-0.1, -0.05) is 81.4 Å². The van der Waals surface area contributed by atoms with Crippen molar-refractivity contribution in [1.82, 2.24) is 10.2 Å². The number of hydrogen-bond acceptors (Lipinski definition) is 4. The first-order valence-electron chi connectivity index (χ1n) is 12.7. The standard InChI is InChI=1S/C31H38N2O4/c1-6-32-30(35)27(20-23-13-8-7-9-14-23)33(21-24-15-12-16-25(19-24)36-5)29(34)22-37-28-18-11-10-17-26(28)31(2,3)4/h7-19,27H,6,20-22H2,1-5H3,(H,32,35). The maximum absolute atomic E-state index is 13.8. The summed E-state index contributed by atoms with van der Waals surface area (Å²) in [5.74, 6) is 0.900. The van der Waals surface area contributed by atoms with E-state index in [1.807, 2.05) is 85.8 Å². The number of hydrogen-bond donors (Lipinski definition) is 1. The smallest absolute Gasteiger partial charge is 0.261 e. The van der Waals surface area contributed by atoms with E-state index in [0.717, 1.165) is 16.7 Å². The van der Waals surface area contributed by atoms with E-state index >= 15 is 0 Å². The van der Waals surface area contributed by atoms with Crippen molar-refractivity contribution >= 4 is 11.8 Å². The van der Waals surface area contributed by atoms with Gasteiger partial charge in [-0.05, 0) is 47.2 Å². The lowest BCUT2D eigenvalue weighted by atomic mass is 9.86. The third-order valence-corrected chi connectivity index (χ3v) is 6.16. The van der Waals surface area contributed by atoms with Gasteiger partial charge < -0.3 is 19.7 Å². The van der Waals surface area contributed by atoms with Crippen LogP contribution in [0.4, 0.5) is 0 Å². The average Bonchev–Trinajstić information content (AvgIpc) is 2.89. The van der Waals surface area contributed by atoms with Crippen molar-refractivity contribution in [2.75, 3.05) is 20.3 Å². The predicted molar refractivity (Wildman–Crippen MR) is 147 cm³/mol. The SMILES string of the molecule is CCNC(=O)C(Cc1ccccc1)N(Cc1cccc(OC)c1)C(=O)COc1ccccc1C(C)(C)C. The summed E-state index contributed by atoms with van der Waals surface area (Å²) in [7, 11) is 1.61. The molecule has 1 atom stereocenters. The molecule has 0 aliphatic rings. The number of carbonyl (C=O) groups is 2. The minimum atomic E-state index is -0.706. The largest absolute Gasteiger partial charge is 0.497 e. The molecule has 0 saturated carbocycles. The molecule has 3 aromatic rings. The molecule has 3 rings (SSSR count). The van der Waals surface area contributed by atoms with Gasteiger partial charge in [-0.2, -0.15) is 0 Å². The Bertz CT molecular complexity index is 1170. The maximum atomic E-state index is 13.8. The molecule has 3 aromatic carbocycles. The van der Waals surface area contributed by atoms with Gasteiger partial charge in [0.05, 0.1) is 7.11 Å². The van der Waals surface area contributed by atoms with Gasteiger partial charge in [-0.3, -0.25) is 9.59 Å². The molecule has 6 heteroatoms. The molecule has 1 N–H and O–H groups in total. The van der Waals surface area contributed by atoms with E-state index in [1.54, 1.807) is 12.0 Å². The first-order valence-corrected chi connectivity index (χ1v) is 12.7. The number of nitrogens with one attached hydrogen (secondary N) is 1. The molecule has 0 aliphatic carbocycles. The lowest BCUT2D eigenvalue weighted by molar-refractivity contribution is -0.142. The molecular weight excluding hydrogens is 464 g/mol. The van der Waals surface area contributed by atoms with Gasteiger partial charge in [-0.15, -0.1) is 0 Å². The number of amides is 2. The third-order valence-electron chi connectivity index (χ3n) is 6.16. The lowest BCUT2D eigenvalue weighted by Gasteiger charge is -2.32. The van der Waals surface area contributed by atoms with Crippen LogP contribution in [0, 0.1) is 0 Å². The van der Waals surface area contributed by atoms with Crippen LogP contribution in [-0.2, 0) is 28.0 Å². The monoisotopic (exact) mass is 502 g/mol. The highest BCUT2D eigenvalue weighted by molar-refractivity contribution is 5.88. The fraction of sp³-hybridized carbons (Fsp3) is 0.355. The van der Waals surface area contributed by atoms with Crippen molar-refractivity contribution in [1.29, 1.82) is 0 Å². The molecule has 0 fully saturated rings. The summed E-state index contributed by atoms with van der Waals surface area (Å²) < 4.78 is 11.5. The fourth-order valence-electron chi connectivity index (χ4n) is 4.25. The van der Waals surface area contributed by atoms with Gasteiger partial charge in [0.2, 0.25) is 5.91 Å². The normalized spacial score (nSPS) is 11.9. The second kappa shape index (κ2) is 12.9. The summed E-state index contributed by atoms with van der Waals surface area (Å²) in [6, 6.07) is 24.3. The first-order chi connectivity index (χ1) is 17.7. The van der Waals surface area contributed by atoms with Gasteiger partial charge in [0, 0.05) is 19.5 Å². The lowest BCUT2D eigenvalue weighted by Crippen LogP contribution is -2.51. The molecule has 2 amide bonds. The molecule has 0 heterocycles. The number of rotatable bonds is 11. The summed E-state index contributed by atoms with van der Waals surface area (Å²) in [5.41, 5.74) is 2.72. The quantitative estimate of drug-likeness (QED) is 0.394.